The lowest BCUT2D eigenvalue weighted by Gasteiger charge is -2.18. The molecule has 0 amide bonds. The van der Waals surface area contributed by atoms with Crippen LogP contribution in [0.5, 0.6) is 0 Å². The molecule has 1 aliphatic rings. The third-order valence-electron chi connectivity index (χ3n) is 1.94. The van der Waals surface area contributed by atoms with Gasteiger partial charge in [-0.2, -0.15) is 0 Å². The molecule has 1 aliphatic heterocycles. The first-order chi connectivity index (χ1) is 4.84. The van der Waals surface area contributed by atoms with Gasteiger partial charge < -0.3 is 5.32 Å². The molecule has 0 spiro atoms. The molecule has 0 radical (unpaired) electrons. The Morgan fingerprint density at radius 1 is 1.60 bits per heavy atom. The normalized spacial score (nSPS) is 24.2. The Morgan fingerprint density at radius 3 is 2.90 bits per heavy atom. The Balaban J connectivity index is 2.32. The average Bonchev–Trinajstić information content (AvgIpc) is 2.38. The van der Waals surface area contributed by atoms with Crippen LogP contribution in [0.25, 0.3) is 0 Å². The van der Waals surface area contributed by atoms with Crippen molar-refractivity contribution in [3.8, 4) is 0 Å². The van der Waals surface area contributed by atoms with Crippen molar-refractivity contribution >= 4 is 0 Å². The van der Waals surface area contributed by atoms with E-state index in [1.54, 1.807) is 0 Å². The Hall–Kier alpha value is -0.340. The molecular formula is C8H16N2. The quantitative estimate of drug-likeness (QED) is 0.571. The Morgan fingerprint density at radius 2 is 2.40 bits per heavy atom. The van der Waals surface area contributed by atoms with Crippen LogP contribution < -0.4 is 5.32 Å². The van der Waals surface area contributed by atoms with Gasteiger partial charge in [0.1, 0.15) is 0 Å². The van der Waals surface area contributed by atoms with Crippen LogP contribution in [0, 0.1) is 0 Å². The van der Waals surface area contributed by atoms with Crippen LogP contribution in [0.2, 0.25) is 0 Å². The Bertz CT molecular complexity index is 114. The summed E-state index contributed by atoms with van der Waals surface area (Å²) in [5.74, 6) is 0. The van der Waals surface area contributed by atoms with Crippen molar-refractivity contribution in [3.63, 3.8) is 0 Å². The Kier molecular flexibility index (Phi) is 2.90. The second-order valence-corrected chi connectivity index (χ2v) is 2.74. The average molecular weight is 140 g/mol. The third kappa shape index (κ3) is 1.82. The number of nitrogens with one attached hydrogen (secondary N) is 1. The van der Waals surface area contributed by atoms with Gasteiger partial charge in [0.05, 0.1) is 0 Å². The highest BCUT2D eigenvalue weighted by Gasteiger charge is 2.14. The summed E-state index contributed by atoms with van der Waals surface area (Å²) in [6.07, 6.45) is 4.34. The van der Waals surface area contributed by atoms with Crippen LogP contribution >= 0.6 is 0 Å². The highest BCUT2D eigenvalue weighted by atomic mass is 15.3. The predicted octanol–water partition coefficient (Wildman–Crippen LogP) is 0.814. The van der Waals surface area contributed by atoms with Crippen LogP contribution in [0.4, 0.5) is 0 Å². The summed E-state index contributed by atoms with van der Waals surface area (Å²) in [4.78, 5) is 2.42. The van der Waals surface area contributed by atoms with Crippen LogP contribution in [0.3, 0.4) is 0 Å². The minimum absolute atomic E-state index is 0.597. The molecule has 1 N–H and O–H groups in total. The molecule has 10 heavy (non-hydrogen) atoms. The molecule has 1 atom stereocenters. The molecule has 1 saturated heterocycles. The molecule has 1 rings (SSSR count). The zero-order valence-corrected chi connectivity index (χ0v) is 6.80. The first-order valence-corrected chi connectivity index (χ1v) is 3.92. The molecule has 0 aliphatic carbocycles. The maximum absolute atomic E-state index is 3.30. The summed E-state index contributed by atoms with van der Waals surface area (Å²) >= 11 is 0. The van der Waals surface area contributed by atoms with Gasteiger partial charge >= 0.3 is 0 Å². The second kappa shape index (κ2) is 3.74. The van der Waals surface area contributed by atoms with Crippen LogP contribution in [0.15, 0.2) is 12.2 Å². The van der Waals surface area contributed by atoms with Crippen LogP contribution in [-0.2, 0) is 0 Å². The van der Waals surface area contributed by atoms with E-state index in [2.05, 4.69) is 36.2 Å². The molecule has 2 nitrogen and oxygen atoms in total. The lowest BCUT2D eigenvalue weighted by molar-refractivity contribution is 0.296. The Labute approximate surface area is 62.9 Å². The van der Waals surface area contributed by atoms with Crippen molar-refractivity contribution in [1.29, 1.82) is 0 Å². The first kappa shape index (κ1) is 7.76. The number of hydrogen-bond donors (Lipinski definition) is 1. The number of rotatable bonds is 2. The van der Waals surface area contributed by atoms with Gasteiger partial charge in [-0.15, -0.1) is 0 Å². The van der Waals surface area contributed by atoms with Crippen molar-refractivity contribution in [2.45, 2.75) is 19.9 Å². The fraction of sp³-hybridized carbons (Fsp3) is 0.750. The summed E-state index contributed by atoms with van der Waals surface area (Å²) in [5, 5.41) is 3.30. The molecular weight excluding hydrogens is 124 g/mol. The third-order valence-corrected chi connectivity index (χ3v) is 1.94. The van der Waals surface area contributed by atoms with Gasteiger partial charge in [-0.25, -0.2) is 0 Å². The van der Waals surface area contributed by atoms with Crippen molar-refractivity contribution in [2.24, 2.45) is 0 Å². The van der Waals surface area contributed by atoms with Gasteiger partial charge in [0, 0.05) is 25.8 Å². The summed E-state index contributed by atoms with van der Waals surface area (Å²) < 4.78 is 0. The van der Waals surface area contributed by atoms with E-state index >= 15 is 0 Å². The number of nitrogens with zero attached hydrogens (tertiary/aromatic N) is 1. The maximum Gasteiger partial charge on any atom is 0.0486 e. The molecule has 2 heteroatoms. The fourth-order valence-electron chi connectivity index (χ4n) is 1.27. The lowest BCUT2D eigenvalue weighted by atomic mass is 10.3. The van der Waals surface area contributed by atoms with Crippen LogP contribution in [0.1, 0.15) is 13.8 Å². The largest absolute Gasteiger partial charge is 0.303 e. The summed E-state index contributed by atoms with van der Waals surface area (Å²) in [7, 11) is 0. The van der Waals surface area contributed by atoms with Gasteiger partial charge in [-0.3, -0.25) is 4.90 Å². The molecule has 0 aromatic carbocycles. The molecule has 0 bridgehead atoms. The van der Waals surface area contributed by atoms with E-state index in [1.165, 1.54) is 6.54 Å². The lowest BCUT2D eigenvalue weighted by Crippen LogP contribution is -2.30. The highest BCUT2D eigenvalue weighted by molar-refractivity contribution is 4.90. The van der Waals surface area contributed by atoms with E-state index in [9.17, 15) is 0 Å². The molecule has 0 aromatic rings. The fourth-order valence-corrected chi connectivity index (χ4v) is 1.27. The predicted molar refractivity (Wildman–Crippen MR) is 43.9 cm³/mol. The minimum atomic E-state index is 0.597. The van der Waals surface area contributed by atoms with E-state index < -0.39 is 0 Å². The van der Waals surface area contributed by atoms with Crippen molar-refractivity contribution in [3.05, 3.63) is 12.2 Å². The number of allylic oxidation sites excluding steroid dienone is 1. The molecule has 1 heterocycles. The van der Waals surface area contributed by atoms with Crippen molar-refractivity contribution in [1.82, 2.24) is 10.2 Å². The van der Waals surface area contributed by atoms with Gasteiger partial charge in [0.15, 0.2) is 0 Å². The molecule has 1 unspecified atom stereocenters. The second-order valence-electron chi connectivity index (χ2n) is 2.74. The zero-order valence-electron chi connectivity index (χ0n) is 6.80. The topological polar surface area (TPSA) is 15.3 Å². The van der Waals surface area contributed by atoms with Crippen LogP contribution in [-0.4, -0.2) is 30.7 Å². The monoisotopic (exact) mass is 140 g/mol. The molecule has 0 saturated carbocycles. The van der Waals surface area contributed by atoms with Crippen molar-refractivity contribution < 1.29 is 0 Å². The molecule has 0 aromatic heterocycles. The van der Waals surface area contributed by atoms with Gasteiger partial charge in [-0.1, -0.05) is 12.2 Å². The van der Waals surface area contributed by atoms with E-state index in [0.29, 0.717) is 6.04 Å². The van der Waals surface area contributed by atoms with Gasteiger partial charge in [-0.05, 0) is 13.8 Å². The SMILES string of the molecule is C/C=C/C(C)N1CCNC1. The van der Waals surface area contributed by atoms with E-state index in [1.807, 2.05) is 0 Å². The van der Waals surface area contributed by atoms with E-state index in [4.69, 9.17) is 0 Å². The summed E-state index contributed by atoms with van der Waals surface area (Å²) in [6, 6.07) is 0.597. The zero-order chi connectivity index (χ0) is 7.40. The van der Waals surface area contributed by atoms with E-state index in [0.717, 1.165) is 13.2 Å². The van der Waals surface area contributed by atoms with Gasteiger partial charge in [0.2, 0.25) is 0 Å². The molecule has 58 valence electrons. The number of hydrogen-bond acceptors (Lipinski definition) is 2. The highest BCUT2D eigenvalue weighted by Crippen LogP contribution is 2.01. The minimum Gasteiger partial charge on any atom is -0.303 e. The smallest absolute Gasteiger partial charge is 0.0486 e. The first-order valence-electron chi connectivity index (χ1n) is 3.92. The standard InChI is InChI=1S/C8H16N2/c1-3-4-8(2)10-6-5-9-7-10/h3-4,8-9H,5-7H2,1-2H3/b4-3+. The van der Waals surface area contributed by atoms with E-state index in [-0.39, 0.29) is 0 Å². The maximum atomic E-state index is 3.30. The summed E-state index contributed by atoms with van der Waals surface area (Å²) in [6.45, 7) is 7.67. The summed E-state index contributed by atoms with van der Waals surface area (Å²) in [5.41, 5.74) is 0. The molecule has 1 fully saturated rings. The van der Waals surface area contributed by atoms with Crippen molar-refractivity contribution in [2.75, 3.05) is 19.8 Å². The van der Waals surface area contributed by atoms with Gasteiger partial charge in [0.25, 0.3) is 0 Å².